The lowest BCUT2D eigenvalue weighted by Gasteiger charge is -1.71. The van der Waals surface area contributed by atoms with Crippen LogP contribution in [0.4, 0.5) is 0 Å². The van der Waals surface area contributed by atoms with Crippen molar-refractivity contribution >= 4 is 15.9 Å². The SMILES string of the molecule is CCCBr.CCCN=[N+]=[N-]. The van der Waals surface area contributed by atoms with Crippen LogP contribution in [-0.2, 0) is 0 Å². The molecule has 0 aliphatic heterocycles. The van der Waals surface area contributed by atoms with Crippen molar-refractivity contribution in [2.75, 3.05) is 11.9 Å². The Morgan fingerprint density at radius 2 is 1.90 bits per heavy atom. The third-order valence-electron chi connectivity index (χ3n) is 0.576. The van der Waals surface area contributed by atoms with Gasteiger partial charge in [0.05, 0.1) is 0 Å². The van der Waals surface area contributed by atoms with Gasteiger partial charge in [-0.05, 0) is 12.0 Å². The van der Waals surface area contributed by atoms with Gasteiger partial charge < -0.3 is 0 Å². The lowest BCUT2D eigenvalue weighted by atomic mass is 10.5. The van der Waals surface area contributed by atoms with Crippen LogP contribution in [0.15, 0.2) is 5.11 Å². The highest BCUT2D eigenvalue weighted by atomic mass is 79.9. The van der Waals surface area contributed by atoms with E-state index >= 15 is 0 Å². The molecule has 0 saturated heterocycles. The van der Waals surface area contributed by atoms with Crippen LogP contribution in [0.25, 0.3) is 10.4 Å². The van der Waals surface area contributed by atoms with Crippen molar-refractivity contribution in [2.24, 2.45) is 5.11 Å². The monoisotopic (exact) mass is 207 g/mol. The van der Waals surface area contributed by atoms with Gasteiger partial charge in [-0.25, -0.2) is 0 Å². The van der Waals surface area contributed by atoms with Crippen LogP contribution in [0.2, 0.25) is 0 Å². The smallest absolute Gasteiger partial charge is 0.0255 e. The van der Waals surface area contributed by atoms with E-state index in [0.29, 0.717) is 6.54 Å². The van der Waals surface area contributed by atoms with E-state index in [4.69, 9.17) is 5.53 Å². The molecule has 0 amide bonds. The minimum absolute atomic E-state index is 0.622. The Bertz CT molecular complexity index is 87.0. The molecule has 0 fully saturated rings. The summed E-state index contributed by atoms with van der Waals surface area (Å²) in [6.45, 7) is 4.72. The first-order valence-electron chi connectivity index (χ1n) is 3.40. The molecule has 10 heavy (non-hydrogen) atoms. The predicted molar refractivity (Wildman–Crippen MR) is 48.4 cm³/mol. The van der Waals surface area contributed by atoms with E-state index in [2.05, 4.69) is 32.9 Å². The topological polar surface area (TPSA) is 48.8 Å². The van der Waals surface area contributed by atoms with E-state index in [-0.39, 0.29) is 0 Å². The summed E-state index contributed by atoms with van der Waals surface area (Å²) >= 11 is 3.25. The van der Waals surface area contributed by atoms with Gasteiger partial charge in [0.2, 0.25) is 0 Å². The Morgan fingerprint density at radius 3 is 2.00 bits per heavy atom. The molecule has 0 rings (SSSR count). The van der Waals surface area contributed by atoms with Gasteiger partial charge in [-0.3, -0.25) is 0 Å². The summed E-state index contributed by atoms with van der Waals surface area (Å²) in [5.74, 6) is 0. The van der Waals surface area contributed by atoms with Gasteiger partial charge >= 0.3 is 0 Å². The molecule has 0 bridgehead atoms. The van der Waals surface area contributed by atoms with Crippen molar-refractivity contribution in [1.29, 1.82) is 0 Å². The fourth-order valence-corrected chi connectivity index (χ4v) is 0.145. The van der Waals surface area contributed by atoms with Crippen molar-refractivity contribution in [3.05, 3.63) is 10.4 Å². The van der Waals surface area contributed by atoms with Gasteiger partial charge in [0, 0.05) is 16.8 Å². The average Bonchev–Trinajstić information content (AvgIpc) is 2.01. The maximum Gasteiger partial charge on any atom is 0.0255 e. The molecular formula is C6H14BrN3. The Hall–Kier alpha value is -0.210. The van der Waals surface area contributed by atoms with Crippen LogP contribution in [0.5, 0.6) is 0 Å². The lowest BCUT2D eigenvalue weighted by molar-refractivity contribution is 0.922. The Kier molecular flexibility index (Phi) is 19.8. The standard InChI is InChI=1S/C3H7Br.C3H7N3/c1-2-3-4;1-2-3-5-6-4/h2-3H2,1H3;2-3H2,1H3. The number of halogens is 1. The van der Waals surface area contributed by atoms with Crippen LogP contribution < -0.4 is 0 Å². The van der Waals surface area contributed by atoms with Crippen molar-refractivity contribution in [3.8, 4) is 0 Å². The largest absolute Gasteiger partial charge is 0.0940 e. The van der Waals surface area contributed by atoms with Crippen molar-refractivity contribution < 1.29 is 0 Å². The van der Waals surface area contributed by atoms with Crippen molar-refractivity contribution in [3.63, 3.8) is 0 Å². The molecule has 0 saturated carbocycles. The maximum atomic E-state index is 7.66. The van der Waals surface area contributed by atoms with E-state index < -0.39 is 0 Å². The van der Waals surface area contributed by atoms with Gasteiger partial charge in [-0.15, -0.1) is 0 Å². The maximum absolute atomic E-state index is 7.66. The number of hydrogen-bond donors (Lipinski definition) is 0. The van der Waals surface area contributed by atoms with Crippen LogP contribution in [0, 0.1) is 0 Å². The van der Waals surface area contributed by atoms with E-state index in [1.165, 1.54) is 6.42 Å². The molecule has 0 spiro atoms. The molecule has 0 N–H and O–H groups in total. The van der Waals surface area contributed by atoms with E-state index in [0.717, 1.165) is 11.8 Å². The number of alkyl halides is 1. The summed E-state index contributed by atoms with van der Waals surface area (Å²) in [5.41, 5.74) is 7.66. The second-order valence-electron chi connectivity index (χ2n) is 1.64. The van der Waals surface area contributed by atoms with Gasteiger partial charge in [-0.1, -0.05) is 41.3 Å². The van der Waals surface area contributed by atoms with Gasteiger partial charge in [0.25, 0.3) is 0 Å². The van der Waals surface area contributed by atoms with Crippen LogP contribution in [-0.4, -0.2) is 11.9 Å². The predicted octanol–water partition coefficient (Wildman–Crippen LogP) is 3.50. The first-order chi connectivity index (χ1) is 4.83. The molecule has 4 heteroatoms. The summed E-state index contributed by atoms with van der Waals surface area (Å²) < 4.78 is 0. The fraction of sp³-hybridized carbons (Fsp3) is 1.00. The lowest BCUT2D eigenvalue weighted by Crippen LogP contribution is -1.65. The van der Waals surface area contributed by atoms with E-state index in [1.807, 2.05) is 6.92 Å². The minimum Gasteiger partial charge on any atom is -0.0940 e. The highest BCUT2D eigenvalue weighted by molar-refractivity contribution is 9.09. The fourth-order valence-electron chi connectivity index (χ4n) is 0.145. The number of azide groups is 1. The molecular weight excluding hydrogens is 194 g/mol. The highest BCUT2D eigenvalue weighted by Crippen LogP contribution is 1.80. The number of nitrogens with zero attached hydrogens (tertiary/aromatic N) is 3. The molecule has 0 heterocycles. The summed E-state index contributed by atoms with van der Waals surface area (Å²) in [7, 11) is 0. The third kappa shape index (κ3) is 25.0. The summed E-state index contributed by atoms with van der Waals surface area (Å²) in [4.78, 5) is 2.55. The van der Waals surface area contributed by atoms with E-state index in [1.54, 1.807) is 0 Å². The van der Waals surface area contributed by atoms with Gasteiger partial charge in [0.1, 0.15) is 0 Å². The zero-order valence-electron chi connectivity index (χ0n) is 6.55. The van der Waals surface area contributed by atoms with Gasteiger partial charge in [-0.2, -0.15) is 0 Å². The Balaban J connectivity index is 0. The van der Waals surface area contributed by atoms with Crippen LogP contribution in [0.1, 0.15) is 26.7 Å². The summed E-state index contributed by atoms with van der Waals surface area (Å²) in [6.07, 6.45) is 2.17. The first-order valence-corrected chi connectivity index (χ1v) is 4.52. The molecule has 0 aromatic rings. The first kappa shape index (κ1) is 12.5. The third-order valence-corrected chi connectivity index (χ3v) is 1.37. The molecule has 0 aliphatic rings. The molecule has 3 nitrogen and oxygen atoms in total. The van der Waals surface area contributed by atoms with E-state index in [9.17, 15) is 0 Å². The van der Waals surface area contributed by atoms with Crippen LogP contribution >= 0.6 is 15.9 Å². The molecule has 0 aromatic heterocycles. The minimum atomic E-state index is 0.622. The molecule has 0 unspecified atom stereocenters. The summed E-state index contributed by atoms with van der Waals surface area (Å²) in [5, 5.41) is 4.40. The summed E-state index contributed by atoms with van der Waals surface area (Å²) in [6, 6.07) is 0. The zero-order valence-corrected chi connectivity index (χ0v) is 8.13. The highest BCUT2D eigenvalue weighted by Gasteiger charge is 1.65. The quantitative estimate of drug-likeness (QED) is 0.295. The van der Waals surface area contributed by atoms with Gasteiger partial charge in [0.15, 0.2) is 0 Å². The normalized spacial score (nSPS) is 7.10. The molecule has 60 valence electrons. The molecule has 0 radical (unpaired) electrons. The van der Waals surface area contributed by atoms with Crippen molar-refractivity contribution in [1.82, 2.24) is 0 Å². The average molecular weight is 208 g/mol. The number of hydrogen-bond acceptors (Lipinski definition) is 1. The second kappa shape index (κ2) is 15.9. The molecule has 0 aromatic carbocycles. The Labute approximate surface area is 70.6 Å². The Morgan fingerprint density at radius 1 is 1.40 bits per heavy atom. The van der Waals surface area contributed by atoms with Crippen LogP contribution in [0.3, 0.4) is 0 Å². The molecule has 0 atom stereocenters. The number of rotatable bonds is 3. The zero-order chi connectivity index (χ0) is 8.24. The van der Waals surface area contributed by atoms with Crippen molar-refractivity contribution in [2.45, 2.75) is 26.7 Å². The second-order valence-corrected chi connectivity index (χ2v) is 2.44. The molecule has 0 aliphatic carbocycles.